The first-order valence-corrected chi connectivity index (χ1v) is 8.46. The van der Waals surface area contributed by atoms with Gasteiger partial charge in [0.2, 0.25) is 5.91 Å². The van der Waals surface area contributed by atoms with Crippen molar-refractivity contribution in [3.05, 3.63) is 41.9 Å². The van der Waals surface area contributed by atoms with Gasteiger partial charge in [0.05, 0.1) is 6.20 Å². The molecule has 2 aromatic rings. The molecule has 0 saturated carbocycles. The van der Waals surface area contributed by atoms with E-state index in [2.05, 4.69) is 4.98 Å². The standard InChI is InChI=1S/C19H22N2O4/c1-13-4-6-14(7-5-13)15-12-20-16(25-15)8-9-17(22)21-11-3-10-19(21,2)18(23)24/h4-7,12H,3,8-11H2,1-2H3,(H,23,24). The van der Waals surface area contributed by atoms with Gasteiger partial charge in [-0.15, -0.1) is 0 Å². The second kappa shape index (κ2) is 6.70. The zero-order valence-electron chi connectivity index (χ0n) is 14.5. The predicted octanol–water partition coefficient (Wildman–Crippen LogP) is 3.05. The van der Waals surface area contributed by atoms with E-state index in [-0.39, 0.29) is 12.3 Å². The van der Waals surface area contributed by atoms with Crippen LogP contribution in [-0.2, 0) is 16.0 Å². The average molecular weight is 342 g/mol. The van der Waals surface area contributed by atoms with Gasteiger partial charge in [-0.25, -0.2) is 9.78 Å². The van der Waals surface area contributed by atoms with Gasteiger partial charge in [0.15, 0.2) is 11.7 Å². The summed E-state index contributed by atoms with van der Waals surface area (Å²) in [6.45, 7) is 4.12. The number of carbonyl (C=O) groups is 2. The van der Waals surface area contributed by atoms with Crippen molar-refractivity contribution in [2.75, 3.05) is 6.54 Å². The van der Waals surface area contributed by atoms with Crippen molar-refractivity contribution in [3.63, 3.8) is 0 Å². The molecule has 1 unspecified atom stereocenters. The molecule has 1 atom stereocenters. The number of oxazole rings is 1. The number of hydrogen-bond acceptors (Lipinski definition) is 4. The van der Waals surface area contributed by atoms with E-state index < -0.39 is 11.5 Å². The lowest BCUT2D eigenvalue weighted by Gasteiger charge is -2.31. The van der Waals surface area contributed by atoms with Gasteiger partial charge in [-0.05, 0) is 26.7 Å². The number of carbonyl (C=O) groups excluding carboxylic acids is 1. The zero-order chi connectivity index (χ0) is 18.0. The second-order valence-electron chi connectivity index (χ2n) is 6.71. The third-order valence-electron chi connectivity index (χ3n) is 4.85. The summed E-state index contributed by atoms with van der Waals surface area (Å²) in [7, 11) is 0. The van der Waals surface area contributed by atoms with Crippen LogP contribution in [0.4, 0.5) is 0 Å². The molecule has 1 aliphatic heterocycles. The Balaban J connectivity index is 1.63. The lowest BCUT2D eigenvalue weighted by atomic mass is 9.99. The molecule has 6 heteroatoms. The topological polar surface area (TPSA) is 83.6 Å². The maximum atomic E-state index is 12.4. The van der Waals surface area contributed by atoms with Crippen LogP contribution in [0.15, 0.2) is 34.9 Å². The molecule has 1 aliphatic rings. The van der Waals surface area contributed by atoms with Gasteiger partial charge >= 0.3 is 5.97 Å². The number of amides is 1. The number of aromatic nitrogens is 1. The molecule has 132 valence electrons. The quantitative estimate of drug-likeness (QED) is 0.903. The fraction of sp³-hybridized carbons (Fsp3) is 0.421. The molecular formula is C19H22N2O4. The highest BCUT2D eigenvalue weighted by atomic mass is 16.4. The monoisotopic (exact) mass is 342 g/mol. The first kappa shape index (κ1) is 17.2. The van der Waals surface area contributed by atoms with Crippen LogP contribution in [0.25, 0.3) is 11.3 Å². The van der Waals surface area contributed by atoms with E-state index in [9.17, 15) is 14.7 Å². The first-order valence-electron chi connectivity index (χ1n) is 8.46. The molecule has 1 aromatic carbocycles. The van der Waals surface area contributed by atoms with Crippen LogP contribution < -0.4 is 0 Å². The highest BCUT2D eigenvalue weighted by Gasteiger charge is 2.45. The maximum absolute atomic E-state index is 12.4. The fourth-order valence-electron chi connectivity index (χ4n) is 3.21. The Morgan fingerprint density at radius 2 is 2.04 bits per heavy atom. The van der Waals surface area contributed by atoms with E-state index in [1.807, 2.05) is 31.2 Å². The van der Waals surface area contributed by atoms with Crippen LogP contribution in [-0.4, -0.2) is 39.0 Å². The molecule has 0 aliphatic carbocycles. The Morgan fingerprint density at radius 3 is 2.72 bits per heavy atom. The highest BCUT2D eigenvalue weighted by molar-refractivity contribution is 5.87. The van der Waals surface area contributed by atoms with Crippen molar-refractivity contribution >= 4 is 11.9 Å². The van der Waals surface area contributed by atoms with E-state index in [4.69, 9.17) is 4.42 Å². The van der Waals surface area contributed by atoms with E-state index in [0.29, 0.717) is 37.5 Å². The summed E-state index contributed by atoms with van der Waals surface area (Å²) < 4.78 is 5.72. The van der Waals surface area contributed by atoms with Gasteiger partial charge in [0, 0.05) is 24.9 Å². The lowest BCUT2D eigenvalue weighted by molar-refractivity contribution is -0.155. The third kappa shape index (κ3) is 3.43. The Morgan fingerprint density at radius 1 is 1.32 bits per heavy atom. The molecule has 1 amide bonds. The SMILES string of the molecule is Cc1ccc(-c2cnc(CCC(=O)N3CCCC3(C)C(=O)O)o2)cc1. The molecule has 1 fully saturated rings. The lowest BCUT2D eigenvalue weighted by Crippen LogP contribution is -2.50. The minimum Gasteiger partial charge on any atom is -0.480 e. The van der Waals surface area contributed by atoms with Crippen molar-refractivity contribution in [3.8, 4) is 11.3 Å². The number of rotatable bonds is 5. The van der Waals surface area contributed by atoms with E-state index in [1.54, 1.807) is 13.1 Å². The zero-order valence-corrected chi connectivity index (χ0v) is 14.5. The van der Waals surface area contributed by atoms with Crippen molar-refractivity contribution < 1.29 is 19.1 Å². The van der Waals surface area contributed by atoms with Crippen LogP contribution >= 0.6 is 0 Å². The number of hydrogen-bond donors (Lipinski definition) is 1. The smallest absolute Gasteiger partial charge is 0.329 e. The van der Waals surface area contributed by atoms with Crippen LogP contribution in [0.1, 0.15) is 37.6 Å². The van der Waals surface area contributed by atoms with Crippen molar-refractivity contribution in [1.29, 1.82) is 0 Å². The summed E-state index contributed by atoms with van der Waals surface area (Å²) in [5, 5.41) is 9.40. The Bertz CT molecular complexity index is 781. The van der Waals surface area contributed by atoms with E-state index >= 15 is 0 Å². The molecule has 0 spiro atoms. The highest BCUT2D eigenvalue weighted by Crippen LogP contribution is 2.30. The molecule has 1 aromatic heterocycles. The predicted molar refractivity (Wildman–Crippen MR) is 92.0 cm³/mol. The molecule has 0 radical (unpaired) electrons. The normalized spacial score (nSPS) is 20.0. The molecule has 6 nitrogen and oxygen atoms in total. The number of aryl methyl sites for hydroxylation is 2. The molecule has 0 bridgehead atoms. The summed E-state index contributed by atoms with van der Waals surface area (Å²) in [6.07, 6.45) is 3.41. The molecule has 3 rings (SSSR count). The molecule has 2 heterocycles. The Hall–Kier alpha value is -2.63. The number of likely N-dealkylation sites (tertiary alicyclic amines) is 1. The van der Waals surface area contributed by atoms with Gasteiger partial charge in [-0.2, -0.15) is 0 Å². The number of carboxylic acids is 1. The number of nitrogens with zero attached hydrogens (tertiary/aromatic N) is 2. The Labute approximate surface area is 146 Å². The summed E-state index contributed by atoms with van der Waals surface area (Å²) >= 11 is 0. The Kier molecular flexibility index (Phi) is 4.61. The molecule has 1 saturated heterocycles. The van der Waals surface area contributed by atoms with Gasteiger partial charge in [-0.1, -0.05) is 29.8 Å². The second-order valence-corrected chi connectivity index (χ2v) is 6.71. The summed E-state index contributed by atoms with van der Waals surface area (Å²) in [6, 6.07) is 7.93. The fourth-order valence-corrected chi connectivity index (χ4v) is 3.21. The molecule has 1 N–H and O–H groups in total. The van der Waals surface area contributed by atoms with Crippen LogP contribution in [0.2, 0.25) is 0 Å². The summed E-state index contributed by atoms with van der Waals surface area (Å²) in [5.41, 5.74) is 1.01. The third-order valence-corrected chi connectivity index (χ3v) is 4.85. The van der Waals surface area contributed by atoms with E-state index in [0.717, 1.165) is 5.56 Å². The largest absolute Gasteiger partial charge is 0.480 e. The van der Waals surface area contributed by atoms with Gasteiger partial charge in [0.25, 0.3) is 0 Å². The first-order chi connectivity index (χ1) is 11.9. The summed E-state index contributed by atoms with van der Waals surface area (Å²) in [4.78, 5) is 29.6. The minimum atomic E-state index is -1.10. The van der Waals surface area contributed by atoms with Crippen LogP contribution in [0.3, 0.4) is 0 Å². The van der Waals surface area contributed by atoms with Crippen LogP contribution in [0.5, 0.6) is 0 Å². The molecular weight excluding hydrogens is 320 g/mol. The van der Waals surface area contributed by atoms with Gasteiger partial charge in [-0.3, -0.25) is 4.79 Å². The summed E-state index contributed by atoms with van der Waals surface area (Å²) in [5.74, 6) is 0.0350. The maximum Gasteiger partial charge on any atom is 0.329 e. The van der Waals surface area contributed by atoms with Gasteiger partial charge in [0.1, 0.15) is 5.54 Å². The average Bonchev–Trinajstić information content (AvgIpc) is 3.21. The van der Waals surface area contributed by atoms with Crippen molar-refractivity contribution in [2.24, 2.45) is 0 Å². The minimum absolute atomic E-state index is 0.169. The molecule has 25 heavy (non-hydrogen) atoms. The van der Waals surface area contributed by atoms with Crippen LogP contribution in [0, 0.1) is 6.92 Å². The van der Waals surface area contributed by atoms with Crippen molar-refractivity contribution in [2.45, 2.75) is 45.1 Å². The number of carboxylic acid groups (broad SMARTS) is 1. The number of benzene rings is 1. The van der Waals surface area contributed by atoms with E-state index in [1.165, 1.54) is 10.5 Å². The van der Waals surface area contributed by atoms with Gasteiger partial charge < -0.3 is 14.4 Å². The number of aliphatic carboxylic acids is 1. The van der Waals surface area contributed by atoms with Crippen molar-refractivity contribution in [1.82, 2.24) is 9.88 Å².